The van der Waals surface area contributed by atoms with E-state index in [0.717, 1.165) is 67.6 Å². The van der Waals surface area contributed by atoms with Crippen molar-refractivity contribution in [2.45, 2.75) is 69.6 Å². The third kappa shape index (κ3) is 6.08. The van der Waals surface area contributed by atoms with Crippen LogP contribution in [-0.2, 0) is 25.4 Å². The van der Waals surface area contributed by atoms with Crippen molar-refractivity contribution < 1.29 is 27.4 Å². The van der Waals surface area contributed by atoms with Gasteiger partial charge < -0.3 is 18.7 Å². The van der Waals surface area contributed by atoms with Gasteiger partial charge in [0.1, 0.15) is 7.14 Å². The van der Waals surface area contributed by atoms with E-state index in [1.54, 1.807) is 13.3 Å². The number of halogens is 2. The molecule has 3 aliphatic carbocycles. The molecule has 0 atom stereocenters. The number of aromatic nitrogens is 2. The summed E-state index contributed by atoms with van der Waals surface area (Å²) in [4.78, 5) is 20.3. The molecule has 3 saturated carbocycles. The van der Waals surface area contributed by atoms with Crippen LogP contribution in [-0.4, -0.2) is 49.1 Å². The molecule has 10 heteroatoms. The Hall–Kier alpha value is -2.90. The predicted octanol–water partition coefficient (Wildman–Crippen LogP) is 7.15. The molecule has 4 fully saturated rings. The zero-order chi connectivity index (χ0) is 30.5. The Labute approximate surface area is 251 Å². The van der Waals surface area contributed by atoms with E-state index in [1.807, 2.05) is 47.4 Å². The summed E-state index contributed by atoms with van der Waals surface area (Å²) in [6.07, 6.45) is 6.37. The molecule has 7 nitrogen and oxygen atoms in total. The Balaban J connectivity index is 1.26. The summed E-state index contributed by atoms with van der Waals surface area (Å²) in [6, 6.07) is 16.0. The fourth-order valence-corrected chi connectivity index (χ4v) is 7.98. The summed E-state index contributed by atoms with van der Waals surface area (Å²) in [5.74, 6) is -3.34. The molecular formula is C33H40F2N3O4P. The number of anilines is 1. The van der Waals surface area contributed by atoms with Crippen molar-refractivity contribution in [3.8, 4) is 11.1 Å². The molecule has 1 aromatic heterocycles. The molecule has 2 heterocycles. The van der Waals surface area contributed by atoms with Gasteiger partial charge in [-0.2, -0.15) is 13.8 Å². The maximum Gasteiger partial charge on any atom is 0.322 e. The van der Waals surface area contributed by atoms with Crippen molar-refractivity contribution in [3.05, 3.63) is 60.2 Å². The lowest BCUT2D eigenvalue weighted by molar-refractivity contribution is -0.126. The van der Waals surface area contributed by atoms with Gasteiger partial charge in [-0.1, -0.05) is 41.6 Å². The van der Waals surface area contributed by atoms with Crippen LogP contribution in [0.25, 0.3) is 11.1 Å². The molecule has 0 radical (unpaired) electrons. The highest BCUT2D eigenvalue weighted by Crippen LogP contribution is 2.58. The monoisotopic (exact) mass is 611 g/mol. The first-order valence-electron chi connectivity index (χ1n) is 15.3. The smallest absolute Gasteiger partial charge is 0.322 e. The standard InChI is InChI=1S/C33H40F2N3O4P/c1-31(34,35)30-36-29(37-42-30)33-16-13-32(14-17-33,15-18-33)22-38(28(39)24-11-19-41-20-12-24)26-6-4-5-25(21-26)23-7-9-27(10-8-23)43(2,3)40/h4-10,21,24H,11-20,22H2,1-3H3. The molecule has 7 rings (SSSR count). The van der Waals surface area contributed by atoms with E-state index in [-0.39, 0.29) is 22.7 Å². The molecule has 230 valence electrons. The molecule has 0 N–H and O–H groups in total. The lowest BCUT2D eigenvalue weighted by Gasteiger charge is -2.53. The number of alkyl halides is 2. The summed E-state index contributed by atoms with van der Waals surface area (Å²) >= 11 is 0. The Kier molecular flexibility index (Phi) is 7.87. The van der Waals surface area contributed by atoms with Crippen LogP contribution >= 0.6 is 7.14 Å². The van der Waals surface area contributed by atoms with E-state index in [4.69, 9.17) is 9.26 Å². The molecule has 3 aromatic rings. The van der Waals surface area contributed by atoms with Gasteiger partial charge >= 0.3 is 5.92 Å². The van der Waals surface area contributed by atoms with Crippen LogP contribution in [0.4, 0.5) is 14.5 Å². The number of carbonyl (C=O) groups excluding carboxylic acids is 1. The lowest BCUT2D eigenvalue weighted by Crippen LogP contribution is -2.52. The van der Waals surface area contributed by atoms with E-state index >= 15 is 0 Å². The van der Waals surface area contributed by atoms with Crippen LogP contribution in [0.15, 0.2) is 53.1 Å². The Morgan fingerprint density at radius 1 is 1.00 bits per heavy atom. The zero-order valence-electron chi connectivity index (χ0n) is 25.2. The highest BCUT2D eigenvalue weighted by molar-refractivity contribution is 7.70. The van der Waals surface area contributed by atoms with E-state index < -0.39 is 19.0 Å². The van der Waals surface area contributed by atoms with Gasteiger partial charge in [0.05, 0.1) is 0 Å². The molecular weight excluding hydrogens is 571 g/mol. The van der Waals surface area contributed by atoms with E-state index in [9.17, 15) is 18.1 Å². The molecule has 1 amide bonds. The molecule has 1 aliphatic heterocycles. The number of hydrogen-bond donors (Lipinski definition) is 0. The largest absolute Gasteiger partial charge is 0.381 e. The summed E-state index contributed by atoms with van der Waals surface area (Å²) in [5, 5.41) is 4.84. The van der Waals surface area contributed by atoms with Crippen molar-refractivity contribution in [3.63, 3.8) is 0 Å². The Bertz CT molecular complexity index is 1500. The van der Waals surface area contributed by atoms with Gasteiger partial charge in [-0.25, -0.2) is 0 Å². The highest BCUT2D eigenvalue weighted by Gasteiger charge is 2.53. The molecule has 4 aliphatic rings. The fourth-order valence-electron chi connectivity index (χ4n) is 7.12. The molecule has 2 bridgehead atoms. The fraction of sp³-hybridized carbons (Fsp3) is 0.545. The van der Waals surface area contributed by atoms with E-state index in [1.165, 1.54) is 0 Å². The number of rotatable bonds is 8. The van der Waals surface area contributed by atoms with Crippen molar-refractivity contribution in [1.82, 2.24) is 10.1 Å². The first-order valence-corrected chi connectivity index (χ1v) is 17.9. The van der Waals surface area contributed by atoms with Gasteiger partial charge in [-0.05, 0) is 93.4 Å². The minimum atomic E-state index is -3.16. The number of ether oxygens (including phenoxy) is 1. The first kappa shape index (κ1) is 30.1. The summed E-state index contributed by atoms with van der Waals surface area (Å²) in [7, 11) is -2.35. The summed E-state index contributed by atoms with van der Waals surface area (Å²) < 4.78 is 50.7. The lowest BCUT2D eigenvalue weighted by atomic mass is 9.53. The quantitative estimate of drug-likeness (QED) is 0.252. The van der Waals surface area contributed by atoms with E-state index in [2.05, 4.69) is 16.2 Å². The Morgan fingerprint density at radius 2 is 1.65 bits per heavy atom. The number of hydrogen-bond acceptors (Lipinski definition) is 6. The van der Waals surface area contributed by atoms with Crippen LogP contribution in [0.5, 0.6) is 0 Å². The average molecular weight is 612 g/mol. The molecule has 2 aromatic carbocycles. The van der Waals surface area contributed by atoms with Crippen molar-refractivity contribution in [2.24, 2.45) is 11.3 Å². The third-order valence-corrected chi connectivity index (χ3v) is 11.5. The van der Waals surface area contributed by atoms with Crippen molar-refractivity contribution in [1.29, 1.82) is 0 Å². The second-order valence-electron chi connectivity index (χ2n) is 13.4. The topological polar surface area (TPSA) is 85.5 Å². The van der Waals surface area contributed by atoms with Crippen molar-refractivity contribution in [2.75, 3.05) is 38.0 Å². The normalized spacial score (nSPS) is 24.7. The minimum absolute atomic E-state index is 0.0646. The maximum atomic E-state index is 14.2. The number of benzene rings is 2. The zero-order valence-corrected chi connectivity index (χ0v) is 26.0. The van der Waals surface area contributed by atoms with Gasteiger partial charge in [0.15, 0.2) is 5.82 Å². The molecule has 0 spiro atoms. The SMILES string of the molecule is CC(F)(F)c1nc(C23CCC(CN(C(=O)C4CCOCC4)c4cccc(-c5ccc(P(C)(C)=O)cc5)c4)(CC2)CC3)no1. The van der Waals surface area contributed by atoms with Gasteiger partial charge in [-0.3, -0.25) is 4.79 Å². The average Bonchev–Trinajstić information content (AvgIpc) is 3.53. The number of fused-ring (bicyclic) bond motifs is 3. The second-order valence-corrected chi connectivity index (χ2v) is 16.6. The van der Waals surface area contributed by atoms with Crippen LogP contribution in [0, 0.1) is 11.3 Å². The summed E-state index contributed by atoms with van der Waals surface area (Å²) in [6.45, 7) is 6.11. The predicted molar refractivity (Wildman–Crippen MR) is 163 cm³/mol. The van der Waals surface area contributed by atoms with Crippen LogP contribution in [0.1, 0.15) is 70.0 Å². The second kappa shape index (κ2) is 11.2. The molecule has 43 heavy (non-hydrogen) atoms. The molecule has 0 unspecified atom stereocenters. The highest BCUT2D eigenvalue weighted by atomic mass is 31.2. The third-order valence-electron chi connectivity index (χ3n) is 9.99. The van der Waals surface area contributed by atoms with E-state index in [0.29, 0.717) is 38.4 Å². The van der Waals surface area contributed by atoms with Crippen molar-refractivity contribution >= 4 is 24.0 Å². The first-order chi connectivity index (χ1) is 20.4. The van der Waals surface area contributed by atoms with Gasteiger partial charge in [0.25, 0.3) is 5.89 Å². The van der Waals surface area contributed by atoms with Crippen LogP contribution in [0.2, 0.25) is 0 Å². The van der Waals surface area contributed by atoms with Gasteiger partial charge in [-0.15, -0.1) is 0 Å². The number of carbonyl (C=O) groups is 1. The number of amides is 1. The van der Waals surface area contributed by atoms with Crippen LogP contribution in [0.3, 0.4) is 0 Å². The Morgan fingerprint density at radius 3 is 2.23 bits per heavy atom. The van der Waals surface area contributed by atoms with Gasteiger partial charge in [0, 0.05) is 49.0 Å². The van der Waals surface area contributed by atoms with Crippen LogP contribution < -0.4 is 10.2 Å². The van der Waals surface area contributed by atoms with Gasteiger partial charge in [0.2, 0.25) is 5.91 Å². The minimum Gasteiger partial charge on any atom is -0.381 e. The summed E-state index contributed by atoms with van der Waals surface area (Å²) in [5.41, 5.74) is 2.47. The number of nitrogens with zero attached hydrogens (tertiary/aromatic N) is 3. The molecule has 1 saturated heterocycles. The maximum absolute atomic E-state index is 14.2.